The average molecular weight is 571 g/mol. The molecule has 1 fully saturated rings. The number of nitrogens with zero attached hydrogens (tertiary/aromatic N) is 3. The molecule has 2 amide bonds. The van der Waals surface area contributed by atoms with E-state index < -0.39 is 0 Å². The molecule has 4 aromatic rings. The number of benzene rings is 3. The van der Waals surface area contributed by atoms with Gasteiger partial charge in [-0.1, -0.05) is 79.7 Å². The van der Waals surface area contributed by atoms with E-state index >= 15 is 0 Å². The predicted octanol–water partition coefficient (Wildman–Crippen LogP) is 7.19. The Morgan fingerprint density at radius 1 is 0.878 bits per heavy atom. The summed E-state index contributed by atoms with van der Waals surface area (Å²) in [5.74, 6) is 1.03. The lowest BCUT2D eigenvalue weighted by Crippen LogP contribution is -2.42. The highest BCUT2D eigenvalue weighted by Crippen LogP contribution is 2.26. The summed E-state index contributed by atoms with van der Waals surface area (Å²) in [6.45, 7) is 1.57. The van der Waals surface area contributed by atoms with Crippen LogP contribution in [0.5, 0.6) is 0 Å². The molecule has 41 heavy (non-hydrogen) atoms. The number of rotatable bonds is 12. The Kier molecular flexibility index (Phi) is 10.1. The van der Waals surface area contributed by atoms with Crippen LogP contribution in [0.2, 0.25) is 5.02 Å². The lowest BCUT2D eigenvalue weighted by Gasteiger charge is -2.35. The molecule has 0 radical (unpaired) electrons. The number of para-hydroxylation sites is 2. The molecule has 1 N–H and O–H groups in total. The van der Waals surface area contributed by atoms with Crippen LogP contribution in [0.25, 0.3) is 11.0 Å². The molecule has 1 aliphatic rings. The van der Waals surface area contributed by atoms with Gasteiger partial charge in [0.2, 0.25) is 5.91 Å². The predicted molar refractivity (Wildman–Crippen MR) is 165 cm³/mol. The zero-order valence-electron chi connectivity index (χ0n) is 23.6. The van der Waals surface area contributed by atoms with Crippen molar-refractivity contribution in [1.29, 1.82) is 0 Å². The molecule has 1 aliphatic carbocycles. The minimum atomic E-state index is -0.0833. The number of carbonyl (C=O) groups is 2. The number of aromatic nitrogens is 2. The third-order valence-electron chi connectivity index (χ3n) is 8.03. The maximum atomic E-state index is 14.0. The van der Waals surface area contributed by atoms with E-state index in [1.54, 1.807) is 24.3 Å². The van der Waals surface area contributed by atoms with E-state index in [0.29, 0.717) is 30.2 Å². The molecule has 0 unspecified atom stereocenters. The summed E-state index contributed by atoms with van der Waals surface area (Å²) in [6.07, 6.45) is 9.33. The van der Waals surface area contributed by atoms with E-state index in [4.69, 9.17) is 16.6 Å². The Labute approximate surface area is 247 Å². The third-order valence-corrected chi connectivity index (χ3v) is 8.28. The zero-order chi connectivity index (χ0) is 28.4. The van der Waals surface area contributed by atoms with Crippen molar-refractivity contribution >= 4 is 34.4 Å². The van der Waals surface area contributed by atoms with Gasteiger partial charge in [0.1, 0.15) is 12.4 Å². The first-order chi connectivity index (χ1) is 20.1. The van der Waals surface area contributed by atoms with Crippen LogP contribution >= 0.6 is 11.6 Å². The van der Waals surface area contributed by atoms with E-state index in [9.17, 15) is 9.59 Å². The average Bonchev–Trinajstić information content (AvgIpc) is 3.35. The molecule has 7 heteroatoms. The van der Waals surface area contributed by atoms with E-state index in [-0.39, 0.29) is 17.9 Å². The minimum Gasteiger partial charge on any atom is -0.352 e. The molecule has 6 nitrogen and oxygen atoms in total. The Morgan fingerprint density at radius 3 is 2.39 bits per heavy atom. The molecule has 1 aromatic heterocycles. The van der Waals surface area contributed by atoms with E-state index in [2.05, 4.69) is 33.0 Å². The topological polar surface area (TPSA) is 67.2 Å². The fraction of sp³-hybridized carbons (Fsp3) is 0.382. The smallest absolute Gasteiger partial charge is 0.251 e. The van der Waals surface area contributed by atoms with Crippen molar-refractivity contribution < 1.29 is 9.59 Å². The monoisotopic (exact) mass is 570 g/mol. The van der Waals surface area contributed by atoms with Crippen LogP contribution in [0.15, 0.2) is 78.9 Å². The lowest BCUT2D eigenvalue weighted by atomic mass is 9.93. The van der Waals surface area contributed by atoms with Gasteiger partial charge in [-0.2, -0.15) is 0 Å². The Hall–Kier alpha value is -3.64. The standard InChI is InChI=1S/C34H39ClN4O2/c35-28-21-19-27(20-22-28)34(41)36-23-11-3-8-18-32-37-30-16-9-10-17-31(30)39(32)25-33(40)38(29-14-6-2-7-15-29)24-26-12-4-1-5-13-26/h1,4-5,9-10,12-13,16-17,19-22,29H,2-3,6-8,11,14-15,18,23-25H2,(H,36,41). The molecular formula is C34H39ClN4O2. The van der Waals surface area contributed by atoms with Crippen molar-refractivity contribution in [3.8, 4) is 0 Å². The van der Waals surface area contributed by atoms with Crippen molar-refractivity contribution in [2.24, 2.45) is 0 Å². The molecule has 1 saturated carbocycles. The Morgan fingerprint density at radius 2 is 1.61 bits per heavy atom. The van der Waals surface area contributed by atoms with Gasteiger partial charge >= 0.3 is 0 Å². The number of imidazole rings is 1. The van der Waals surface area contributed by atoms with E-state index in [1.165, 1.54) is 24.8 Å². The molecule has 0 atom stereocenters. The van der Waals surface area contributed by atoms with Crippen molar-refractivity contribution in [3.05, 3.63) is 101 Å². The summed E-state index contributed by atoms with van der Waals surface area (Å²) in [4.78, 5) is 33.3. The number of carbonyl (C=O) groups excluding carboxylic acids is 2. The van der Waals surface area contributed by atoms with Crippen LogP contribution in [0.1, 0.15) is 73.1 Å². The molecule has 0 spiro atoms. The summed E-state index contributed by atoms with van der Waals surface area (Å²) in [5, 5.41) is 3.60. The van der Waals surface area contributed by atoms with Crippen molar-refractivity contribution in [1.82, 2.24) is 19.8 Å². The van der Waals surface area contributed by atoms with Crippen LogP contribution in [0.3, 0.4) is 0 Å². The van der Waals surface area contributed by atoms with Gasteiger partial charge in [-0.25, -0.2) is 4.98 Å². The molecule has 5 rings (SSSR count). The molecule has 0 aliphatic heterocycles. The number of nitrogens with one attached hydrogen (secondary N) is 1. The second-order valence-electron chi connectivity index (χ2n) is 11.0. The van der Waals surface area contributed by atoms with Crippen LogP contribution < -0.4 is 5.32 Å². The number of halogens is 1. The van der Waals surface area contributed by atoms with Gasteiger partial charge in [0.25, 0.3) is 5.91 Å². The van der Waals surface area contributed by atoms with Crippen LogP contribution in [-0.4, -0.2) is 38.9 Å². The molecule has 0 bridgehead atoms. The van der Waals surface area contributed by atoms with Gasteiger partial charge in [-0.05, 0) is 67.6 Å². The Bertz CT molecular complexity index is 1430. The number of amides is 2. The summed E-state index contributed by atoms with van der Waals surface area (Å²) >= 11 is 5.92. The minimum absolute atomic E-state index is 0.0833. The van der Waals surface area contributed by atoms with Gasteiger partial charge in [0.05, 0.1) is 11.0 Å². The first kappa shape index (κ1) is 28.9. The highest BCUT2D eigenvalue weighted by molar-refractivity contribution is 6.30. The van der Waals surface area contributed by atoms with Crippen molar-refractivity contribution in [2.75, 3.05) is 6.54 Å². The number of fused-ring (bicyclic) bond motifs is 1. The molecule has 0 saturated heterocycles. The van der Waals surface area contributed by atoms with Crippen LogP contribution in [-0.2, 0) is 24.3 Å². The van der Waals surface area contributed by atoms with Gasteiger partial charge in [0, 0.05) is 36.1 Å². The van der Waals surface area contributed by atoms with Crippen LogP contribution in [0.4, 0.5) is 0 Å². The highest BCUT2D eigenvalue weighted by atomic mass is 35.5. The second kappa shape index (κ2) is 14.3. The molecule has 3 aromatic carbocycles. The first-order valence-electron chi connectivity index (χ1n) is 14.9. The maximum absolute atomic E-state index is 14.0. The Balaban J connectivity index is 1.21. The fourth-order valence-electron chi connectivity index (χ4n) is 5.80. The molecule has 214 valence electrons. The second-order valence-corrected chi connectivity index (χ2v) is 11.4. The summed E-state index contributed by atoms with van der Waals surface area (Å²) in [6, 6.07) is 25.6. The first-order valence-corrected chi connectivity index (χ1v) is 15.3. The number of aryl methyl sites for hydroxylation is 1. The van der Waals surface area contributed by atoms with E-state index in [1.807, 2.05) is 36.4 Å². The van der Waals surface area contributed by atoms with Crippen molar-refractivity contribution in [3.63, 3.8) is 0 Å². The SMILES string of the molecule is O=C(NCCCCCc1nc2ccccc2n1CC(=O)N(Cc1ccccc1)C1CCCCC1)c1ccc(Cl)cc1. The summed E-state index contributed by atoms with van der Waals surface area (Å²) in [5.41, 5.74) is 3.72. The lowest BCUT2D eigenvalue weighted by molar-refractivity contribution is -0.135. The van der Waals surface area contributed by atoms with Crippen LogP contribution in [0, 0.1) is 0 Å². The van der Waals surface area contributed by atoms with Crippen molar-refractivity contribution in [2.45, 2.75) is 76.9 Å². The zero-order valence-corrected chi connectivity index (χ0v) is 24.4. The molecule has 1 heterocycles. The van der Waals surface area contributed by atoms with Gasteiger partial charge in [0.15, 0.2) is 0 Å². The normalized spacial score (nSPS) is 13.8. The number of unbranched alkanes of at least 4 members (excludes halogenated alkanes) is 2. The highest BCUT2D eigenvalue weighted by Gasteiger charge is 2.27. The number of hydrogen-bond donors (Lipinski definition) is 1. The van der Waals surface area contributed by atoms with Gasteiger partial charge in [-0.3, -0.25) is 9.59 Å². The maximum Gasteiger partial charge on any atom is 0.251 e. The molecular weight excluding hydrogens is 532 g/mol. The number of hydrogen-bond acceptors (Lipinski definition) is 3. The van der Waals surface area contributed by atoms with Gasteiger partial charge < -0.3 is 14.8 Å². The third kappa shape index (κ3) is 7.76. The quantitative estimate of drug-likeness (QED) is 0.183. The largest absolute Gasteiger partial charge is 0.352 e. The summed E-state index contributed by atoms with van der Waals surface area (Å²) in [7, 11) is 0. The summed E-state index contributed by atoms with van der Waals surface area (Å²) < 4.78 is 2.13. The fourth-order valence-corrected chi connectivity index (χ4v) is 5.93. The van der Waals surface area contributed by atoms with E-state index in [0.717, 1.165) is 55.4 Å². The van der Waals surface area contributed by atoms with Gasteiger partial charge in [-0.15, -0.1) is 0 Å².